The highest BCUT2D eigenvalue weighted by atomic mass is 16.3. The first-order chi connectivity index (χ1) is 9.29. The lowest BCUT2D eigenvalue weighted by molar-refractivity contribution is 0.257. The first-order valence-corrected chi connectivity index (χ1v) is 7.01. The van der Waals surface area contributed by atoms with E-state index < -0.39 is 0 Å². The SMILES string of the molecule is Cc1ccc(C(CO)CCCc2ccccc2)cc1. The van der Waals surface area contributed by atoms with Crippen LogP contribution in [0.2, 0.25) is 0 Å². The van der Waals surface area contributed by atoms with Crippen LogP contribution < -0.4 is 0 Å². The van der Waals surface area contributed by atoms with E-state index in [0.29, 0.717) is 0 Å². The third-order valence-corrected chi connectivity index (χ3v) is 3.63. The van der Waals surface area contributed by atoms with Gasteiger partial charge in [-0.1, -0.05) is 60.2 Å². The second-order valence-electron chi connectivity index (χ2n) is 5.17. The van der Waals surface area contributed by atoms with Crippen molar-refractivity contribution in [3.8, 4) is 0 Å². The molecule has 2 aromatic carbocycles. The molecule has 2 rings (SSSR count). The lowest BCUT2D eigenvalue weighted by Crippen LogP contribution is -2.04. The third-order valence-electron chi connectivity index (χ3n) is 3.63. The van der Waals surface area contributed by atoms with Gasteiger partial charge in [-0.3, -0.25) is 0 Å². The topological polar surface area (TPSA) is 20.2 Å². The van der Waals surface area contributed by atoms with Gasteiger partial charge in [0.25, 0.3) is 0 Å². The molecule has 0 radical (unpaired) electrons. The van der Waals surface area contributed by atoms with Gasteiger partial charge in [-0.15, -0.1) is 0 Å². The van der Waals surface area contributed by atoms with Crippen molar-refractivity contribution < 1.29 is 5.11 Å². The molecular weight excluding hydrogens is 232 g/mol. The van der Waals surface area contributed by atoms with Crippen molar-refractivity contribution in [2.45, 2.75) is 32.1 Å². The van der Waals surface area contributed by atoms with Gasteiger partial charge in [0.05, 0.1) is 0 Å². The van der Waals surface area contributed by atoms with Crippen molar-refractivity contribution in [2.24, 2.45) is 0 Å². The second-order valence-corrected chi connectivity index (χ2v) is 5.17. The minimum atomic E-state index is 0.234. The number of rotatable bonds is 6. The van der Waals surface area contributed by atoms with Crippen LogP contribution in [0.15, 0.2) is 54.6 Å². The summed E-state index contributed by atoms with van der Waals surface area (Å²) in [5.74, 6) is 0.268. The van der Waals surface area contributed by atoms with Crippen molar-refractivity contribution in [1.82, 2.24) is 0 Å². The fourth-order valence-corrected chi connectivity index (χ4v) is 2.40. The van der Waals surface area contributed by atoms with Crippen LogP contribution in [0.4, 0.5) is 0 Å². The fraction of sp³-hybridized carbons (Fsp3) is 0.333. The van der Waals surface area contributed by atoms with E-state index in [1.54, 1.807) is 0 Å². The Morgan fingerprint density at radius 3 is 2.26 bits per heavy atom. The Bertz CT molecular complexity index is 473. The van der Waals surface area contributed by atoms with Gasteiger partial charge in [0.2, 0.25) is 0 Å². The highest BCUT2D eigenvalue weighted by Gasteiger charge is 2.09. The molecule has 0 amide bonds. The maximum Gasteiger partial charge on any atom is 0.0499 e. The van der Waals surface area contributed by atoms with Crippen molar-refractivity contribution in [3.05, 3.63) is 71.3 Å². The molecule has 0 heterocycles. The van der Waals surface area contributed by atoms with E-state index in [9.17, 15) is 5.11 Å². The molecule has 0 saturated carbocycles. The van der Waals surface area contributed by atoms with Gasteiger partial charge in [0, 0.05) is 12.5 Å². The molecule has 1 N–H and O–H groups in total. The van der Waals surface area contributed by atoms with E-state index in [4.69, 9.17) is 0 Å². The Morgan fingerprint density at radius 2 is 1.63 bits per heavy atom. The Morgan fingerprint density at radius 1 is 0.947 bits per heavy atom. The van der Waals surface area contributed by atoms with Crippen molar-refractivity contribution in [1.29, 1.82) is 0 Å². The number of aliphatic hydroxyl groups is 1. The molecule has 1 nitrogen and oxygen atoms in total. The van der Waals surface area contributed by atoms with Crippen LogP contribution in [0.1, 0.15) is 35.4 Å². The van der Waals surface area contributed by atoms with E-state index in [1.807, 2.05) is 6.07 Å². The van der Waals surface area contributed by atoms with Gasteiger partial charge < -0.3 is 5.11 Å². The first-order valence-electron chi connectivity index (χ1n) is 7.01. The van der Waals surface area contributed by atoms with E-state index >= 15 is 0 Å². The summed E-state index contributed by atoms with van der Waals surface area (Å²) in [6.45, 7) is 2.32. The molecule has 0 fully saturated rings. The largest absolute Gasteiger partial charge is 0.396 e. The zero-order valence-electron chi connectivity index (χ0n) is 11.5. The molecule has 1 heteroatoms. The summed E-state index contributed by atoms with van der Waals surface area (Å²) in [5.41, 5.74) is 3.90. The average Bonchev–Trinajstić information content (AvgIpc) is 2.46. The average molecular weight is 254 g/mol. The standard InChI is InChI=1S/C18H22O/c1-15-10-12-17(13-11-15)18(14-19)9-5-8-16-6-3-2-4-7-16/h2-4,6-7,10-13,18-19H,5,8-9,14H2,1H3. The van der Waals surface area contributed by atoms with Gasteiger partial charge in [-0.2, -0.15) is 0 Å². The summed E-state index contributed by atoms with van der Waals surface area (Å²) in [5, 5.41) is 9.55. The predicted molar refractivity (Wildman–Crippen MR) is 80.4 cm³/mol. The fourth-order valence-electron chi connectivity index (χ4n) is 2.40. The van der Waals surface area contributed by atoms with Crippen molar-refractivity contribution >= 4 is 0 Å². The summed E-state index contributed by atoms with van der Waals surface area (Å²) in [6.07, 6.45) is 3.24. The Labute approximate surface area is 115 Å². The molecule has 0 aliphatic heterocycles. The molecule has 0 saturated heterocycles. The molecule has 100 valence electrons. The highest BCUT2D eigenvalue weighted by molar-refractivity contribution is 5.24. The zero-order valence-corrected chi connectivity index (χ0v) is 11.5. The quantitative estimate of drug-likeness (QED) is 0.823. The summed E-state index contributed by atoms with van der Waals surface area (Å²) in [7, 11) is 0. The molecule has 1 atom stereocenters. The Kier molecular flexibility index (Phi) is 5.17. The molecule has 1 unspecified atom stereocenters. The van der Waals surface area contributed by atoms with E-state index in [-0.39, 0.29) is 12.5 Å². The maximum absolute atomic E-state index is 9.55. The van der Waals surface area contributed by atoms with Crippen LogP contribution in [0.25, 0.3) is 0 Å². The van der Waals surface area contributed by atoms with Crippen LogP contribution in [0.3, 0.4) is 0 Å². The first kappa shape index (κ1) is 13.8. The lowest BCUT2D eigenvalue weighted by atomic mass is 9.93. The molecule has 0 spiro atoms. The van der Waals surface area contributed by atoms with Crippen LogP contribution in [-0.2, 0) is 6.42 Å². The van der Waals surface area contributed by atoms with Crippen LogP contribution in [0.5, 0.6) is 0 Å². The Hall–Kier alpha value is -1.60. The molecule has 0 aliphatic carbocycles. The second kappa shape index (κ2) is 7.10. The van der Waals surface area contributed by atoms with Gasteiger partial charge in [-0.05, 0) is 37.3 Å². The maximum atomic E-state index is 9.55. The molecule has 0 aromatic heterocycles. The van der Waals surface area contributed by atoms with Crippen LogP contribution in [-0.4, -0.2) is 11.7 Å². The van der Waals surface area contributed by atoms with Crippen molar-refractivity contribution in [3.63, 3.8) is 0 Å². The van der Waals surface area contributed by atoms with E-state index in [0.717, 1.165) is 19.3 Å². The van der Waals surface area contributed by atoms with Crippen LogP contribution in [0, 0.1) is 6.92 Å². The molecular formula is C18H22O. The molecule has 0 aliphatic rings. The monoisotopic (exact) mass is 254 g/mol. The number of hydrogen-bond donors (Lipinski definition) is 1. The van der Waals surface area contributed by atoms with Crippen molar-refractivity contribution in [2.75, 3.05) is 6.61 Å². The normalized spacial score (nSPS) is 12.3. The Balaban J connectivity index is 1.87. The minimum absolute atomic E-state index is 0.234. The van der Waals surface area contributed by atoms with E-state index in [2.05, 4.69) is 55.5 Å². The number of benzene rings is 2. The summed E-state index contributed by atoms with van der Waals surface area (Å²) >= 11 is 0. The minimum Gasteiger partial charge on any atom is -0.396 e. The van der Waals surface area contributed by atoms with Gasteiger partial charge in [-0.25, -0.2) is 0 Å². The predicted octanol–water partition coefficient (Wildman–Crippen LogP) is 4.09. The highest BCUT2D eigenvalue weighted by Crippen LogP contribution is 2.22. The summed E-state index contributed by atoms with van der Waals surface area (Å²) in [4.78, 5) is 0. The molecule has 0 bridgehead atoms. The van der Waals surface area contributed by atoms with Gasteiger partial charge in [0.15, 0.2) is 0 Å². The number of aryl methyl sites for hydroxylation is 2. The smallest absolute Gasteiger partial charge is 0.0499 e. The number of hydrogen-bond acceptors (Lipinski definition) is 1. The van der Waals surface area contributed by atoms with Crippen LogP contribution >= 0.6 is 0 Å². The molecule has 19 heavy (non-hydrogen) atoms. The van der Waals surface area contributed by atoms with E-state index in [1.165, 1.54) is 16.7 Å². The van der Waals surface area contributed by atoms with Gasteiger partial charge in [0.1, 0.15) is 0 Å². The molecule has 2 aromatic rings. The zero-order chi connectivity index (χ0) is 13.5. The van der Waals surface area contributed by atoms with Gasteiger partial charge >= 0.3 is 0 Å². The summed E-state index contributed by atoms with van der Waals surface area (Å²) in [6, 6.07) is 19.1. The third kappa shape index (κ3) is 4.22. The lowest BCUT2D eigenvalue weighted by Gasteiger charge is -2.14. The number of aliphatic hydroxyl groups excluding tert-OH is 1. The summed E-state index contributed by atoms with van der Waals surface area (Å²) < 4.78 is 0.